The van der Waals surface area contributed by atoms with E-state index in [9.17, 15) is 4.79 Å². The summed E-state index contributed by atoms with van der Waals surface area (Å²) in [6, 6.07) is 16.0. The molecule has 25 heavy (non-hydrogen) atoms. The Labute approximate surface area is 155 Å². The van der Waals surface area contributed by atoms with Crippen LogP contribution >= 0.6 is 15.9 Å². The molecule has 1 unspecified atom stereocenters. The minimum Gasteiger partial charge on any atom is -0.340 e. The van der Waals surface area contributed by atoms with E-state index in [4.69, 9.17) is 5.10 Å². The van der Waals surface area contributed by atoms with Crippen molar-refractivity contribution in [2.75, 3.05) is 0 Å². The average molecular weight is 396 g/mol. The highest BCUT2D eigenvalue weighted by atomic mass is 79.9. The Morgan fingerprint density at radius 2 is 1.88 bits per heavy atom. The van der Waals surface area contributed by atoms with Gasteiger partial charge in [-0.1, -0.05) is 53.2 Å². The second-order valence-electron chi connectivity index (χ2n) is 6.20. The van der Waals surface area contributed by atoms with E-state index in [2.05, 4.69) is 34.2 Å². The number of benzene rings is 2. The lowest BCUT2D eigenvalue weighted by Gasteiger charge is -2.12. The van der Waals surface area contributed by atoms with Crippen LogP contribution in [0.4, 0.5) is 0 Å². The fourth-order valence-electron chi connectivity index (χ4n) is 3.47. The maximum Gasteiger partial charge on any atom is 0.271 e. The lowest BCUT2D eigenvalue weighted by Crippen LogP contribution is -2.22. The molecule has 1 aromatic heterocycles. The molecule has 0 saturated carbocycles. The molecule has 1 N–H and O–H groups in total. The van der Waals surface area contributed by atoms with Crippen molar-refractivity contribution in [2.24, 2.45) is 0 Å². The summed E-state index contributed by atoms with van der Waals surface area (Å²) in [5.74, 6) is -0.0746. The van der Waals surface area contributed by atoms with Crippen LogP contribution < -0.4 is 5.32 Å². The van der Waals surface area contributed by atoms with Gasteiger partial charge in [0.2, 0.25) is 0 Å². The van der Waals surface area contributed by atoms with Crippen LogP contribution in [0.15, 0.2) is 53.0 Å². The third kappa shape index (κ3) is 2.59. The highest BCUT2D eigenvalue weighted by molar-refractivity contribution is 9.10. The Morgan fingerprint density at radius 3 is 2.60 bits per heavy atom. The quantitative estimate of drug-likeness (QED) is 0.716. The maximum atomic E-state index is 12.7. The number of hydrogen-bond donors (Lipinski definition) is 1. The molecule has 0 saturated heterocycles. The van der Waals surface area contributed by atoms with Crippen molar-refractivity contribution in [3.63, 3.8) is 0 Å². The molecule has 4 nitrogen and oxygen atoms in total. The van der Waals surface area contributed by atoms with E-state index < -0.39 is 0 Å². The summed E-state index contributed by atoms with van der Waals surface area (Å²) in [6.45, 7) is 4.08. The number of fused-ring (bicyclic) bond motifs is 1. The molecular formula is C20H18BrN3O. The monoisotopic (exact) mass is 395 g/mol. The molecule has 0 radical (unpaired) electrons. The van der Waals surface area contributed by atoms with Crippen LogP contribution in [0.5, 0.6) is 0 Å². The summed E-state index contributed by atoms with van der Waals surface area (Å²) in [7, 11) is 0. The van der Waals surface area contributed by atoms with Gasteiger partial charge in [-0.25, -0.2) is 4.68 Å². The van der Waals surface area contributed by atoms with E-state index in [-0.39, 0.29) is 11.9 Å². The molecule has 0 bridgehead atoms. The van der Waals surface area contributed by atoms with Crippen molar-refractivity contribution < 1.29 is 4.79 Å². The van der Waals surface area contributed by atoms with Crippen LogP contribution in [0.25, 0.3) is 5.69 Å². The predicted molar refractivity (Wildman–Crippen MR) is 101 cm³/mol. The Kier molecular flexibility index (Phi) is 3.96. The van der Waals surface area contributed by atoms with Gasteiger partial charge in [-0.15, -0.1) is 0 Å². The second-order valence-corrected chi connectivity index (χ2v) is 7.12. The molecule has 126 valence electrons. The van der Waals surface area contributed by atoms with Gasteiger partial charge < -0.3 is 5.32 Å². The Balaban J connectivity index is 1.88. The first-order chi connectivity index (χ1) is 12.1. The highest BCUT2D eigenvalue weighted by Crippen LogP contribution is 2.35. The minimum atomic E-state index is -0.155. The van der Waals surface area contributed by atoms with Crippen LogP contribution in [-0.4, -0.2) is 15.7 Å². The van der Waals surface area contributed by atoms with Crippen molar-refractivity contribution in [3.8, 4) is 5.69 Å². The fourth-order valence-corrected chi connectivity index (χ4v) is 3.74. The maximum absolute atomic E-state index is 12.7. The topological polar surface area (TPSA) is 46.9 Å². The van der Waals surface area contributed by atoms with E-state index >= 15 is 0 Å². The Hall–Kier alpha value is -2.40. The second kappa shape index (κ2) is 6.15. The van der Waals surface area contributed by atoms with E-state index in [0.29, 0.717) is 5.69 Å². The Bertz CT molecular complexity index is 960. The number of halogens is 1. The summed E-state index contributed by atoms with van der Waals surface area (Å²) in [5.41, 5.74) is 5.70. The molecule has 2 heterocycles. The van der Waals surface area contributed by atoms with E-state index in [0.717, 1.165) is 33.4 Å². The zero-order chi connectivity index (χ0) is 17.6. The average Bonchev–Trinajstić information content (AvgIpc) is 3.14. The first-order valence-electron chi connectivity index (χ1n) is 8.34. The summed E-state index contributed by atoms with van der Waals surface area (Å²) >= 11 is 3.46. The molecule has 2 aromatic carbocycles. The van der Waals surface area contributed by atoms with Crippen molar-refractivity contribution in [2.45, 2.75) is 26.3 Å². The predicted octanol–water partition coefficient (Wildman–Crippen LogP) is 4.34. The van der Waals surface area contributed by atoms with Crippen molar-refractivity contribution in [1.29, 1.82) is 0 Å². The van der Waals surface area contributed by atoms with Gasteiger partial charge in [0.05, 0.1) is 17.4 Å². The summed E-state index contributed by atoms with van der Waals surface area (Å²) in [6.07, 6.45) is 0.890. The molecule has 1 aliphatic rings. The summed E-state index contributed by atoms with van der Waals surface area (Å²) in [5, 5.41) is 7.81. The van der Waals surface area contributed by atoms with E-state index in [1.807, 2.05) is 49.4 Å². The third-order valence-corrected chi connectivity index (χ3v) is 5.22. The molecule has 3 aromatic rings. The molecular weight excluding hydrogens is 378 g/mol. The number of amides is 1. The smallest absolute Gasteiger partial charge is 0.271 e. The van der Waals surface area contributed by atoms with Gasteiger partial charge in [-0.3, -0.25) is 4.79 Å². The number of aryl methyl sites for hydroxylation is 2. The van der Waals surface area contributed by atoms with Crippen LogP contribution in [0.3, 0.4) is 0 Å². The number of carbonyl (C=O) groups is 1. The SMILES string of the molecule is CCc1ccccc1-n1nc(C)c2c1C(=O)NC2c1ccc(Br)cc1. The van der Waals surface area contributed by atoms with Crippen LogP contribution in [0.1, 0.15) is 45.8 Å². The van der Waals surface area contributed by atoms with Gasteiger partial charge in [0.25, 0.3) is 5.91 Å². The summed E-state index contributed by atoms with van der Waals surface area (Å²) in [4.78, 5) is 12.7. The van der Waals surface area contributed by atoms with Crippen molar-refractivity contribution in [3.05, 3.63) is 81.1 Å². The van der Waals surface area contributed by atoms with Gasteiger partial charge in [-0.05, 0) is 42.7 Å². The lowest BCUT2D eigenvalue weighted by atomic mass is 10.0. The zero-order valence-electron chi connectivity index (χ0n) is 14.1. The largest absolute Gasteiger partial charge is 0.340 e. The van der Waals surface area contributed by atoms with Crippen molar-refractivity contribution in [1.82, 2.24) is 15.1 Å². The third-order valence-electron chi connectivity index (χ3n) is 4.69. The highest BCUT2D eigenvalue weighted by Gasteiger charge is 2.36. The molecule has 1 atom stereocenters. The standard InChI is InChI=1S/C20H18BrN3O/c1-3-13-6-4-5-7-16(13)24-19-17(12(2)23-24)18(22-20(19)25)14-8-10-15(21)11-9-14/h4-11,18H,3H2,1-2H3,(H,22,25). The molecule has 1 aliphatic heterocycles. The van der Waals surface area contributed by atoms with Gasteiger partial charge in [0.15, 0.2) is 0 Å². The van der Waals surface area contributed by atoms with Gasteiger partial charge in [-0.2, -0.15) is 5.10 Å². The van der Waals surface area contributed by atoms with Crippen LogP contribution in [0, 0.1) is 6.92 Å². The number of hydrogen-bond acceptors (Lipinski definition) is 2. The van der Waals surface area contributed by atoms with Crippen molar-refractivity contribution >= 4 is 21.8 Å². The minimum absolute atomic E-state index is 0.0746. The van der Waals surface area contributed by atoms with Crippen LogP contribution in [0.2, 0.25) is 0 Å². The van der Waals surface area contributed by atoms with Crippen LogP contribution in [-0.2, 0) is 6.42 Å². The number of aromatic nitrogens is 2. The Morgan fingerprint density at radius 1 is 1.16 bits per heavy atom. The zero-order valence-corrected chi connectivity index (χ0v) is 15.7. The fraction of sp³-hybridized carbons (Fsp3) is 0.200. The molecule has 0 fully saturated rings. The number of nitrogens with zero attached hydrogens (tertiary/aromatic N) is 2. The normalized spacial score (nSPS) is 16.0. The first-order valence-corrected chi connectivity index (χ1v) is 9.13. The number of para-hydroxylation sites is 1. The van der Waals surface area contributed by atoms with Gasteiger partial charge >= 0.3 is 0 Å². The number of nitrogens with one attached hydrogen (secondary N) is 1. The molecule has 0 aliphatic carbocycles. The molecule has 5 heteroatoms. The number of rotatable bonds is 3. The lowest BCUT2D eigenvalue weighted by molar-refractivity contribution is 0.0953. The van der Waals surface area contributed by atoms with E-state index in [1.165, 1.54) is 5.56 Å². The molecule has 1 amide bonds. The van der Waals surface area contributed by atoms with Gasteiger partial charge in [0.1, 0.15) is 5.69 Å². The number of carbonyl (C=O) groups excluding carboxylic acids is 1. The molecule has 0 spiro atoms. The molecule has 4 rings (SSSR count). The van der Waals surface area contributed by atoms with E-state index in [1.54, 1.807) is 4.68 Å². The summed E-state index contributed by atoms with van der Waals surface area (Å²) < 4.78 is 2.82. The first kappa shape index (κ1) is 16.1. The van der Waals surface area contributed by atoms with Gasteiger partial charge in [0, 0.05) is 10.0 Å².